The van der Waals surface area contributed by atoms with Crippen molar-refractivity contribution >= 4 is 66.2 Å². The predicted octanol–water partition coefficient (Wildman–Crippen LogP) is 1.24. The number of anilines is 1. The number of hydrogen-bond donors (Lipinski definition) is 5. The Bertz CT molecular complexity index is 1950. The van der Waals surface area contributed by atoms with Gasteiger partial charge in [-0.25, -0.2) is 38.4 Å². The third kappa shape index (κ3) is 5.61. The molecule has 0 saturated carbocycles. The Morgan fingerprint density at radius 2 is 1.56 bits per heavy atom. The summed E-state index contributed by atoms with van der Waals surface area (Å²) < 4.78 is 79.1. The molecule has 0 unspecified atom stereocenters. The lowest BCUT2D eigenvalue weighted by Gasteiger charge is -2.28. The largest absolute Gasteiger partial charge is 0.386 e. The first-order chi connectivity index (χ1) is 21.3. The number of aliphatic hydroxyl groups is 1. The first kappa shape index (κ1) is 31.1. The van der Waals surface area contributed by atoms with Gasteiger partial charge < -0.3 is 25.3 Å². The lowest BCUT2D eigenvalue weighted by molar-refractivity contribution is -0.0555. The molecule has 19 nitrogen and oxygen atoms in total. The first-order valence-electron chi connectivity index (χ1n) is 13.1. The lowest BCUT2D eigenvalue weighted by atomic mass is 10.1. The van der Waals surface area contributed by atoms with Crippen LogP contribution in [0.25, 0.3) is 22.3 Å². The van der Waals surface area contributed by atoms with E-state index in [1.54, 1.807) is 6.92 Å². The van der Waals surface area contributed by atoms with Gasteiger partial charge in [0.05, 0.1) is 25.9 Å². The number of rotatable bonds is 2. The summed E-state index contributed by atoms with van der Waals surface area (Å²) in [5.41, 5.74) is 5.72. The van der Waals surface area contributed by atoms with Crippen molar-refractivity contribution in [1.82, 2.24) is 39.0 Å². The van der Waals surface area contributed by atoms with Crippen LogP contribution in [0, 0.1) is 6.92 Å². The third-order valence-corrected chi connectivity index (χ3v) is 10.6. The van der Waals surface area contributed by atoms with Crippen molar-refractivity contribution < 1.29 is 46.2 Å². The number of thiol groups is 2. The van der Waals surface area contributed by atoms with Crippen molar-refractivity contribution in [3.63, 3.8) is 0 Å². The third-order valence-electron chi connectivity index (χ3n) is 7.38. The van der Waals surface area contributed by atoms with E-state index in [2.05, 4.69) is 54.4 Å². The van der Waals surface area contributed by atoms with Crippen LogP contribution in [0.2, 0.25) is 0 Å². The maximum atomic E-state index is 16.0. The van der Waals surface area contributed by atoms with Gasteiger partial charge in [-0.1, -0.05) is 24.5 Å². The van der Waals surface area contributed by atoms with Gasteiger partial charge in [-0.3, -0.25) is 32.0 Å². The maximum Gasteiger partial charge on any atom is 0.386 e. The van der Waals surface area contributed by atoms with Crippen LogP contribution < -0.4 is 11.3 Å². The SMILES string of the molecule is Cc1nc2c(ncn2[C@@H]2O[C@@H]3CO[P@](=O)(S)O[C@H]4[C@@H](F)[C@H](n5cnc6c(N)ncnc65)O[C@@H]4CO[P@@](=O)(S)O[C@H]3[C@H]2O)c(=O)[nH]1. The summed E-state index contributed by atoms with van der Waals surface area (Å²) >= 11 is 8.06. The number of fused-ring (bicyclic) bond motifs is 4. The number of nitrogens with zero attached hydrogens (tertiary/aromatic N) is 7. The zero-order chi connectivity index (χ0) is 31.8. The van der Waals surface area contributed by atoms with Gasteiger partial charge in [-0.05, 0) is 6.92 Å². The number of aliphatic hydroxyl groups excluding tert-OH is 1. The molecule has 3 aliphatic heterocycles. The molecule has 3 saturated heterocycles. The number of ether oxygens (including phenoxy) is 2. The zero-order valence-electron chi connectivity index (χ0n) is 22.8. The molecule has 0 aromatic carbocycles. The molecule has 242 valence electrons. The summed E-state index contributed by atoms with van der Waals surface area (Å²) in [5, 5.41) is 11.3. The van der Waals surface area contributed by atoms with E-state index < -0.39 is 81.5 Å². The van der Waals surface area contributed by atoms with E-state index in [1.807, 2.05) is 0 Å². The fraction of sp³-hybridized carbons (Fsp3) is 0.524. The van der Waals surface area contributed by atoms with Crippen LogP contribution in [0.3, 0.4) is 0 Å². The standard InChI is InChI=1S/C21H24FN9O10P2S2/c1-7-28-18-12(19(33)29-7)27-6-31(18)21-13(32)15-9(39-21)3-37-42(34,44)40-14-8(2-36-43(35,45)41-15)38-20(10(14)22)30-5-26-11-16(23)24-4-25-17(11)30/h4-6,8-10,13-15,20-21,32H,2-3H2,1H3,(H,34,44)(H,35,45)(H2,23,24,25)(H,28,29,33)/t8-,9-,10-,13-,14-,15-,20-,21-,42+,43-/m1/s1. The summed E-state index contributed by atoms with van der Waals surface area (Å²) in [6, 6.07) is 0. The van der Waals surface area contributed by atoms with Crippen molar-refractivity contribution in [2.45, 2.75) is 56.1 Å². The quantitative estimate of drug-likeness (QED) is 0.145. The van der Waals surface area contributed by atoms with Crippen LogP contribution in [-0.4, -0.2) is 94.0 Å². The Morgan fingerprint density at radius 1 is 0.956 bits per heavy atom. The van der Waals surface area contributed by atoms with Crippen LogP contribution >= 0.6 is 38.1 Å². The van der Waals surface area contributed by atoms with Gasteiger partial charge in [-0.15, -0.1) is 0 Å². The molecule has 0 spiro atoms. The second kappa shape index (κ2) is 11.3. The van der Waals surface area contributed by atoms with Gasteiger partial charge in [0.15, 0.2) is 41.3 Å². The molecular weight excluding hydrogens is 683 g/mol. The van der Waals surface area contributed by atoms with Crippen LogP contribution in [0.4, 0.5) is 10.2 Å². The van der Waals surface area contributed by atoms with Crippen LogP contribution in [0.15, 0.2) is 23.8 Å². The molecule has 7 heterocycles. The topological polar surface area (TPSA) is 243 Å². The highest BCUT2D eigenvalue weighted by atomic mass is 32.7. The molecule has 4 aromatic heterocycles. The van der Waals surface area contributed by atoms with E-state index in [0.29, 0.717) is 0 Å². The fourth-order valence-electron chi connectivity index (χ4n) is 5.37. The van der Waals surface area contributed by atoms with Gasteiger partial charge in [0.1, 0.15) is 48.2 Å². The number of aromatic nitrogens is 8. The summed E-state index contributed by atoms with van der Waals surface area (Å²) in [6.07, 6.45) is -8.38. The van der Waals surface area contributed by atoms with Gasteiger partial charge >= 0.3 is 13.6 Å². The molecule has 3 aliphatic rings. The number of H-pyrrole nitrogens is 1. The van der Waals surface area contributed by atoms with E-state index in [4.69, 9.17) is 33.3 Å². The van der Waals surface area contributed by atoms with E-state index in [-0.39, 0.29) is 34.0 Å². The average molecular weight is 708 g/mol. The van der Waals surface area contributed by atoms with Gasteiger partial charge in [0, 0.05) is 0 Å². The van der Waals surface area contributed by atoms with Crippen LogP contribution in [0.5, 0.6) is 0 Å². The molecule has 7 rings (SSSR count). The molecule has 0 amide bonds. The van der Waals surface area contributed by atoms with E-state index >= 15 is 4.39 Å². The number of nitrogens with two attached hydrogens (primary N) is 1. The first-order valence-corrected chi connectivity index (χ1v) is 18.5. The fourth-order valence-corrected chi connectivity index (χ4v) is 8.35. The number of alkyl halides is 1. The molecule has 24 heteroatoms. The number of imidazole rings is 2. The zero-order valence-corrected chi connectivity index (χ0v) is 26.3. The lowest BCUT2D eigenvalue weighted by Crippen LogP contribution is -2.37. The maximum absolute atomic E-state index is 16.0. The minimum Gasteiger partial charge on any atom is -0.386 e. The van der Waals surface area contributed by atoms with Gasteiger partial charge in [0.25, 0.3) is 5.56 Å². The molecule has 0 radical (unpaired) electrons. The number of nitrogens with one attached hydrogen (secondary N) is 1. The second-order valence-electron chi connectivity index (χ2n) is 10.3. The number of halogens is 1. The predicted molar refractivity (Wildman–Crippen MR) is 156 cm³/mol. The minimum atomic E-state index is -4.37. The summed E-state index contributed by atoms with van der Waals surface area (Å²) in [4.78, 5) is 35.2. The van der Waals surface area contributed by atoms with Crippen LogP contribution in [-0.2, 0) is 36.7 Å². The monoisotopic (exact) mass is 707 g/mol. The number of hydrogen-bond acceptors (Lipinski definition) is 16. The highest BCUT2D eigenvalue weighted by molar-refractivity contribution is 8.44. The van der Waals surface area contributed by atoms with Gasteiger partial charge in [0.2, 0.25) is 0 Å². The number of nitrogen functional groups attached to an aromatic ring is 1. The Morgan fingerprint density at radius 3 is 2.27 bits per heavy atom. The molecule has 3 fully saturated rings. The normalized spacial score (nSPS) is 37.7. The average Bonchev–Trinajstić information content (AvgIpc) is 3.72. The Hall–Kier alpha value is -2.49. The molecule has 4 aromatic rings. The smallest absolute Gasteiger partial charge is 0.386 e. The number of aromatic amines is 1. The second-order valence-corrected chi connectivity index (χ2v) is 16.0. The Kier molecular flexibility index (Phi) is 7.84. The number of aryl methyl sites for hydroxylation is 1. The van der Waals surface area contributed by atoms with Gasteiger partial charge in [-0.2, -0.15) is 0 Å². The molecule has 45 heavy (non-hydrogen) atoms. The highest BCUT2D eigenvalue weighted by Crippen LogP contribution is 2.60. The highest BCUT2D eigenvalue weighted by Gasteiger charge is 2.54. The molecule has 4 N–H and O–H groups in total. The van der Waals surface area contributed by atoms with Crippen LogP contribution in [0.1, 0.15) is 18.3 Å². The summed E-state index contributed by atoms with van der Waals surface area (Å²) in [5.74, 6) is 0.326. The minimum absolute atomic E-state index is 0.0267. The van der Waals surface area contributed by atoms with Crippen molar-refractivity contribution in [1.29, 1.82) is 0 Å². The molecular formula is C21H24FN9O10P2S2. The summed E-state index contributed by atoms with van der Waals surface area (Å²) in [7, 11) is 0. The van der Waals surface area contributed by atoms with Crippen molar-refractivity contribution in [2.75, 3.05) is 18.9 Å². The van der Waals surface area contributed by atoms with Crippen molar-refractivity contribution in [3.05, 3.63) is 35.2 Å². The van der Waals surface area contributed by atoms with Crippen molar-refractivity contribution in [3.8, 4) is 0 Å². The Labute approximate surface area is 261 Å². The molecule has 10 atom stereocenters. The Balaban J connectivity index is 1.17. The molecule has 0 bridgehead atoms. The van der Waals surface area contributed by atoms with E-state index in [0.717, 1.165) is 6.33 Å². The van der Waals surface area contributed by atoms with E-state index in [9.17, 15) is 19.0 Å². The van der Waals surface area contributed by atoms with Crippen molar-refractivity contribution in [2.24, 2.45) is 0 Å². The summed E-state index contributed by atoms with van der Waals surface area (Å²) in [6.45, 7) is -8.39. The molecule has 0 aliphatic carbocycles. The van der Waals surface area contributed by atoms with E-state index in [1.165, 1.54) is 21.8 Å².